The summed E-state index contributed by atoms with van der Waals surface area (Å²) in [6, 6.07) is 11.6. The van der Waals surface area contributed by atoms with Crippen LogP contribution in [0, 0.1) is 0 Å². The summed E-state index contributed by atoms with van der Waals surface area (Å²) < 4.78 is 1.56. The quantitative estimate of drug-likeness (QED) is 0.554. The molecule has 3 amide bonds. The first kappa shape index (κ1) is 18.4. The van der Waals surface area contributed by atoms with Gasteiger partial charge in [-0.3, -0.25) is 4.79 Å². The van der Waals surface area contributed by atoms with Crippen molar-refractivity contribution in [3.63, 3.8) is 0 Å². The van der Waals surface area contributed by atoms with Crippen LogP contribution in [0.25, 0.3) is 0 Å². The largest absolute Gasteiger partial charge is 0.395 e. The molecule has 0 saturated heterocycles. The van der Waals surface area contributed by atoms with Crippen LogP contribution in [-0.2, 0) is 0 Å². The van der Waals surface area contributed by atoms with E-state index >= 15 is 0 Å². The van der Waals surface area contributed by atoms with Gasteiger partial charge >= 0.3 is 6.03 Å². The standard InChI is InChI=1S/C16H15Br2N3O3/c17-10-2-1-3-12(8-10)20-16(24)21-14-9-11(18)4-5-13(14)15(23)19-6-7-22/h1-5,8-9,22H,6-7H2,(H,19,23)(H2,20,21,24). The van der Waals surface area contributed by atoms with E-state index in [4.69, 9.17) is 5.11 Å². The fourth-order valence-electron chi connectivity index (χ4n) is 1.93. The molecule has 0 aliphatic rings. The van der Waals surface area contributed by atoms with Gasteiger partial charge in [-0.1, -0.05) is 37.9 Å². The monoisotopic (exact) mass is 455 g/mol. The number of nitrogens with one attached hydrogen (secondary N) is 3. The number of carbonyl (C=O) groups is 2. The molecule has 2 rings (SSSR count). The van der Waals surface area contributed by atoms with Crippen LogP contribution in [0.3, 0.4) is 0 Å². The van der Waals surface area contributed by atoms with Gasteiger partial charge < -0.3 is 21.1 Å². The SMILES string of the molecule is O=C(Nc1cccc(Br)c1)Nc1cc(Br)ccc1C(=O)NCCO. The summed E-state index contributed by atoms with van der Waals surface area (Å²) in [5, 5.41) is 16.7. The van der Waals surface area contributed by atoms with Crippen molar-refractivity contribution in [3.05, 3.63) is 57.0 Å². The van der Waals surface area contributed by atoms with Gasteiger partial charge in [0.25, 0.3) is 5.91 Å². The minimum absolute atomic E-state index is 0.137. The van der Waals surface area contributed by atoms with Gasteiger partial charge in [-0.25, -0.2) is 4.79 Å². The topological polar surface area (TPSA) is 90.5 Å². The molecule has 0 saturated carbocycles. The van der Waals surface area contributed by atoms with Gasteiger partial charge in [0.1, 0.15) is 0 Å². The Morgan fingerprint density at radius 1 is 1.00 bits per heavy atom. The maximum Gasteiger partial charge on any atom is 0.323 e. The van der Waals surface area contributed by atoms with Crippen molar-refractivity contribution in [2.75, 3.05) is 23.8 Å². The number of carbonyl (C=O) groups excluding carboxylic acids is 2. The first-order valence-electron chi connectivity index (χ1n) is 7.02. The van der Waals surface area contributed by atoms with Crippen molar-refractivity contribution >= 4 is 55.2 Å². The molecule has 2 aromatic carbocycles. The number of aliphatic hydroxyl groups is 1. The maximum absolute atomic E-state index is 12.2. The summed E-state index contributed by atoms with van der Waals surface area (Å²) in [7, 11) is 0. The number of halogens is 2. The molecule has 0 unspecified atom stereocenters. The molecular weight excluding hydrogens is 442 g/mol. The van der Waals surface area contributed by atoms with E-state index in [1.807, 2.05) is 6.07 Å². The lowest BCUT2D eigenvalue weighted by molar-refractivity contribution is 0.0945. The van der Waals surface area contributed by atoms with Crippen molar-refractivity contribution in [3.8, 4) is 0 Å². The number of anilines is 2. The highest BCUT2D eigenvalue weighted by Crippen LogP contribution is 2.22. The number of hydrogen-bond acceptors (Lipinski definition) is 3. The number of aliphatic hydroxyl groups excluding tert-OH is 1. The second-order valence-electron chi connectivity index (χ2n) is 4.76. The number of rotatable bonds is 5. The molecule has 0 atom stereocenters. The summed E-state index contributed by atoms with van der Waals surface area (Å²) >= 11 is 6.65. The van der Waals surface area contributed by atoms with E-state index in [0.29, 0.717) is 16.9 Å². The second kappa shape index (κ2) is 8.81. The lowest BCUT2D eigenvalue weighted by Crippen LogP contribution is -2.28. The van der Waals surface area contributed by atoms with Crippen molar-refractivity contribution in [2.24, 2.45) is 0 Å². The Morgan fingerprint density at radius 2 is 1.75 bits per heavy atom. The Morgan fingerprint density at radius 3 is 2.46 bits per heavy atom. The Balaban J connectivity index is 2.14. The summed E-state index contributed by atoms with van der Waals surface area (Å²) in [6.07, 6.45) is 0. The van der Waals surface area contributed by atoms with Gasteiger partial charge in [0.15, 0.2) is 0 Å². The molecule has 126 valence electrons. The third-order valence-corrected chi connectivity index (χ3v) is 3.94. The molecule has 0 heterocycles. The van der Waals surface area contributed by atoms with Crippen LogP contribution in [0.5, 0.6) is 0 Å². The Kier molecular flexibility index (Phi) is 6.77. The second-order valence-corrected chi connectivity index (χ2v) is 6.59. The van der Waals surface area contributed by atoms with Gasteiger partial charge in [-0.2, -0.15) is 0 Å². The normalized spacial score (nSPS) is 10.1. The van der Waals surface area contributed by atoms with Crippen LogP contribution in [0.1, 0.15) is 10.4 Å². The average molecular weight is 457 g/mol. The summed E-state index contributed by atoms with van der Waals surface area (Å²) in [4.78, 5) is 24.3. The predicted molar refractivity (Wildman–Crippen MR) is 100 cm³/mol. The molecule has 0 aliphatic carbocycles. The Hall–Kier alpha value is -1.90. The first-order chi connectivity index (χ1) is 11.5. The zero-order chi connectivity index (χ0) is 17.5. The lowest BCUT2D eigenvalue weighted by atomic mass is 10.1. The highest BCUT2D eigenvalue weighted by atomic mass is 79.9. The highest BCUT2D eigenvalue weighted by molar-refractivity contribution is 9.10. The maximum atomic E-state index is 12.2. The molecule has 6 nitrogen and oxygen atoms in total. The van der Waals surface area contributed by atoms with Crippen LogP contribution in [-0.4, -0.2) is 30.2 Å². The van der Waals surface area contributed by atoms with Gasteiger partial charge in [-0.15, -0.1) is 0 Å². The predicted octanol–water partition coefficient (Wildman–Crippen LogP) is 3.58. The van der Waals surface area contributed by atoms with Gasteiger partial charge in [0.2, 0.25) is 0 Å². The third kappa shape index (κ3) is 5.33. The Bertz CT molecular complexity index is 753. The van der Waals surface area contributed by atoms with Crippen molar-refractivity contribution in [1.82, 2.24) is 5.32 Å². The summed E-state index contributed by atoms with van der Waals surface area (Å²) in [6.45, 7) is -0.0209. The van der Waals surface area contributed by atoms with Crippen LogP contribution < -0.4 is 16.0 Å². The molecule has 0 fully saturated rings. The third-order valence-electron chi connectivity index (χ3n) is 2.95. The zero-order valence-electron chi connectivity index (χ0n) is 12.5. The molecule has 4 N–H and O–H groups in total. The summed E-state index contributed by atoms with van der Waals surface area (Å²) in [5.41, 5.74) is 1.27. The minimum atomic E-state index is -0.470. The smallest absolute Gasteiger partial charge is 0.323 e. The molecule has 24 heavy (non-hydrogen) atoms. The van der Waals surface area contributed by atoms with Crippen molar-refractivity contribution < 1.29 is 14.7 Å². The summed E-state index contributed by atoms with van der Waals surface area (Å²) in [5.74, 6) is -0.380. The van der Waals surface area contributed by atoms with Crippen LogP contribution in [0.2, 0.25) is 0 Å². The molecule has 2 aromatic rings. The van der Waals surface area contributed by atoms with Crippen LogP contribution in [0.15, 0.2) is 51.4 Å². The van der Waals surface area contributed by atoms with E-state index < -0.39 is 6.03 Å². The number of amides is 3. The molecular formula is C16H15Br2N3O3. The molecule has 0 spiro atoms. The average Bonchev–Trinajstić information content (AvgIpc) is 2.52. The van der Waals surface area contributed by atoms with Gasteiger partial charge in [0, 0.05) is 21.2 Å². The fourth-order valence-corrected chi connectivity index (χ4v) is 2.69. The van der Waals surface area contributed by atoms with E-state index in [-0.39, 0.29) is 19.1 Å². The Labute approximate surface area is 155 Å². The van der Waals surface area contributed by atoms with E-state index in [1.54, 1.807) is 36.4 Å². The molecule has 0 aromatic heterocycles. The molecule has 8 heteroatoms. The van der Waals surface area contributed by atoms with E-state index in [1.165, 1.54) is 0 Å². The van der Waals surface area contributed by atoms with Crippen molar-refractivity contribution in [2.45, 2.75) is 0 Å². The molecule has 0 aliphatic heterocycles. The molecule has 0 bridgehead atoms. The first-order valence-corrected chi connectivity index (χ1v) is 8.60. The van der Waals surface area contributed by atoms with Gasteiger partial charge in [-0.05, 0) is 36.4 Å². The number of urea groups is 1. The van der Waals surface area contributed by atoms with Crippen LogP contribution in [0.4, 0.5) is 16.2 Å². The zero-order valence-corrected chi connectivity index (χ0v) is 15.6. The fraction of sp³-hybridized carbons (Fsp3) is 0.125. The van der Waals surface area contributed by atoms with Gasteiger partial charge in [0.05, 0.1) is 17.9 Å². The molecule has 0 radical (unpaired) electrons. The van der Waals surface area contributed by atoms with E-state index in [2.05, 4.69) is 47.8 Å². The minimum Gasteiger partial charge on any atom is -0.395 e. The van der Waals surface area contributed by atoms with Crippen LogP contribution >= 0.6 is 31.9 Å². The number of hydrogen-bond donors (Lipinski definition) is 4. The number of benzene rings is 2. The lowest BCUT2D eigenvalue weighted by Gasteiger charge is -2.13. The highest BCUT2D eigenvalue weighted by Gasteiger charge is 2.14. The van der Waals surface area contributed by atoms with Crippen molar-refractivity contribution in [1.29, 1.82) is 0 Å². The van der Waals surface area contributed by atoms with E-state index in [9.17, 15) is 9.59 Å². The van der Waals surface area contributed by atoms with E-state index in [0.717, 1.165) is 8.95 Å².